The standard InChI is InChI=1S/C17H11FN6O2/c18-14-4-1-5-15(22-14)23-17(25)13-7-12(9-24-16(13)20-10-21-24)26-11-3-2-6-19-8-11/h1-10H,(H,22,23,25). The number of ether oxygens (including phenoxy) is 1. The first-order valence-electron chi connectivity index (χ1n) is 7.54. The number of fused-ring (bicyclic) bond motifs is 1. The minimum atomic E-state index is -0.691. The Hall–Kier alpha value is -3.88. The molecule has 0 aliphatic carbocycles. The van der Waals surface area contributed by atoms with Gasteiger partial charge in [-0.3, -0.25) is 9.78 Å². The predicted octanol–water partition coefficient (Wildman–Crippen LogP) is 2.70. The zero-order chi connectivity index (χ0) is 17.9. The first-order chi connectivity index (χ1) is 12.7. The van der Waals surface area contributed by atoms with Gasteiger partial charge in [0.05, 0.1) is 18.0 Å². The molecule has 4 aromatic heterocycles. The largest absolute Gasteiger partial charge is 0.454 e. The van der Waals surface area contributed by atoms with Crippen LogP contribution < -0.4 is 10.1 Å². The Morgan fingerprint density at radius 1 is 1.19 bits per heavy atom. The number of halogens is 1. The number of anilines is 1. The zero-order valence-corrected chi connectivity index (χ0v) is 13.2. The van der Waals surface area contributed by atoms with Crippen molar-refractivity contribution in [3.05, 3.63) is 72.8 Å². The molecule has 8 nitrogen and oxygen atoms in total. The van der Waals surface area contributed by atoms with E-state index in [2.05, 4.69) is 25.4 Å². The Morgan fingerprint density at radius 2 is 2.12 bits per heavy atom. The van der Waals surface area contributed by atoms with Crippen molar-refractivity contribution in [3.63, 3.8) is 0 Å². The summed E-state index contributed by atoms with van der Waals surface area (Å²) in [5.74, 6) is -0.244. The van der Waals surface area contributed by atoms with Gasteiger partial charge in [-0.1, -0.05) is 6.07 Å². The molecule has 4 aromatic rings. The molecule has 1 N–H and O–H groups in total. The maximum Gasteiger partial charge on any atom is 0.260 e. The Labute approximate surface area is 146 Å². The van der Waals surface area contributed by atoms with Gasteiger partial charge >= 0.3 is 0 Å². The van der Waals surface area contributed by atoms with E-state index in [0.29, 0.717) is 17.1 Å². The third-order valence-electron chi connectivity index (χ3n) is 3.42. The second kappa shape index (κ2) is 6.55. The van der Waals surface area contributed by atoms with Gasteiger partial charge in [0, 0.05) is 6.20 Å². The highest BCUT2D eigenvalue weighted by Crippen LogP contribution is 2.23. The fourth-order valence-corrected chi connectivity index (χ4v) is 2.33. The van der Waals surface area contributed by atoms with Crippen molar-refractivity contribution in [3.8, 4) is 11.5 Å². The van der Waals surface area contributed by atoms with Gasteiger partial charge in [0.2, 0.25) is 5.95 Å². The van der Waals surface area contributed by atoms with Crippen LogP contribution in [0, 0.1) is 5.95 Å². The van der Waals surface area contributed by atoms with Gasteiger partial charge in [-0.2, -0.15) is 9.49 Å². The molecule has 0 saturated heterocycles. The average Bonchev–Trinajstić information content (AvgIpc) is 3.10. The van der Waals surface area contributed by atoms with E-state index in [0.717, 1.165) is 0 Å². The second-order valence-electron chi connectivity index (χ2n) is 5.21. The fourth-order valence-electron chi connectivity index (χ4n) is 2.33. The van der Waals surface area contributed by atoms with Crippen LogP contribution in [0.4, 0.5) is 10.2 Å². The summed E-state index contributed by atoms with van der Waals surface area (Å²) in [4.78, 5) is 24.3. The molecule has 0 fully saturated rings. The molecule has 0 atom stereocenters. The molecule has 0 radical (unpaired) electrons. The molecule has 0 aromatic carbocycles. The first kappa shape index (κ1) is 15.6. The number of carbonyl (C=O) groups excluding carboxylic acids is 1. The fraction of sp³-hybridized carbons (Fsp3) is 0. The molecule has 0 bridgehead atoms. The van der Waals surface area contributed by atoms with Crippen molar-refractivity contribution in [2.24, 2.45) is 0 Å². The molecule has 26 heavy (non-hydrogen) atoms. The highest BCUT2D eigenvalue weighted by atomic mass is 19.1. The summed E-state index contributed by atoms with van der Waals surface area (Å²) in [7, 11) is 0. The maximum absolute atomic E-state index is 13.2. The molecule has 0 saturated carbocycles. The third-order valence-corrected chi connectivity index (χ3v) is 3.42. The molecule has 0 aliphatic heterocycles. The van der Waals surface area contributed by atoms with Crippen LogP contribution in [0.5, 0.6) is 11.5 Å². The number of hydrogen-bond donors (Lipinski definition) is 1. The van der Waals surface area contributed by atoms with Crippen LogP contribution in [-0.4, -0.2) is 30.5 Å². The summed E-state index contributed by atoms with van der Waals surface area (Å²) in [6.45, 7) is 0. The summed E-state index contributed by atoms with van der Waals surface area (Å²) < 4.78 is 20.3. The van der Waals surface area contributed by atoms with Crippen LogP contribution in [-0.2, 0) is 0 Å². The normalized spacial score (nSPS) is 10.7. The highest BCUT2D eigenvalue weighted by molar-refractivity contribution is 6.08. The molecular weight excluding hydrogens is 339 g/mol. The third kappa shape index (κ3) is 3.18. The lowest BCUT2D eigenvalue weighted by atomic mass is 10.2. The molecule has 0 unspecified atom stereocenters. The number of nitrogens with zero attached hydrogens (tertiary/aromatic N) is 5. The smallest absolute Gasteiger partial charge is 0.260 e. The summed E-state index contributed by atoms with van der Waals surface area (Å²) in [6.07, 6.45) is 6.08. The summed E-state index contributed by atoms with van der Waals surface area (Å²) in [5, 5.41) is 6.57. The lowest BCUT2D eigenvalue weighted by Crippen LogP contribution is -2.15. The Morgan fingerprint density at radius 3 is 2.92 bits per heavy atom. The number of rotatable bonds is 4. The predicted molar refractivity (Wildman–Crippen MR) is 89.4 cm³/mol. The molecule has 1 amide bonds. The van der Waals surface area contributed by atoms with Gasteiger partial charge in [0.1, 0.15) is 23.6 Å². The number of aromatic nitrogens is 5. The van der Waals surface area contributed by atoms with Gasteiger partial charge < -0.3 is 10.1 Å². The van der Waals surface area contributed by atoms with E-state index in [1.807, 2.05) is 0 Å². The topological polar surface area (TPSA) is 94.3 Å². The number of carbonyl (C=O) groups is 1. The quantitative estimate of drug-likeness (QED) is 0.569. The Balaban J connectivity index is 1.69. The lowest BCUT2D eigenvalue weighted by Gasteiger charge is -2.09. The van der Waals surface area contributed by atoms with Gasteiger partial charge in [-0.05, 0) is 30.3 Å². The number of nitrogens with one attached hydrogen (secondary N) is 1. The van der Waals surface area contributed by atoms with E-state index >= 15 is 0 Å². The van der Waals surface area contributed by atoms with Gasteiger partial charge in [-0.15, -0.1) is 0 Å². The van der Waals surface area contributed by atoms with E-state index in [1.165, 1.54) is 35.1 Å². The zero-order valence-electron chi connectivity index (χ0n) is 13.2. The molecule has 128 valence electrons. The summed E-state index contributed by atoms with van der Waals surface area (Å²) in [5.41, 5.74) is 0.535. The van der Waals surface area contributed by atoms with Gasteiger partial charge in [0.25, 0.3) is 5.91 Å². The van der Waals surface area contributed by atoms with Crippen LogP contribution in [0.3, 0.4) is 0 Å². The average molecular weight is 350 g/mol. The van der Waals surface area contributed by atoms with Crippen LogP contribution >= 0.6 is 0 Å². The van der Waals surface area contributed by atoms with E-state index in [-0.39, 0.29) is 11.4 Å². The first-order valence-corrected chi connectivity index (χ1v) is 7.54. The van der Waals surface area contributed by atoms with Crippen LogP contribution in [0.15, 0.2) is 61.3 Å². The maximum atomic E-state index is 13.2. The van der Waals surface area contributed by atoms with E-state index in [9.17, 15) is 9.18 Å². The number of pyridine rings is 3. The number of hydrogen-bond acceptors (Lipinski definition) is 6. The molecule has 4 rings (SSSR count). The number of amides is 1. The monoisotopic (exact) mass is 350 g/mol. The Kier molecular flexibility index (Phi) is 3.94. The van der Waals surface area contributed by atoms with Crippen molar-refractivity contribution < 1.29 is 13.9 Å². The van der Waals surface area contributed by atoms with E-state index < -0.39 is 11.9 Å². The summed E-state index contributed by atoms with van der Waals surface area (Å²) in [6, 6.07) is 9.10. The molecule has 9 heteroatoms. The minimum absolute atomic E-state index is 0.0891. The molecule has 4 heterocycles. The highest BCUT2D eigenvalue weighted by Gasteiger charge is 2.16. The lowest BCUT2D eigenvalue weighted by molar-refractivity contribution is 0.102. The molecule has 0 aliphatic rings. The Bertz CT molecular complexity index is 1080. The van der Waals surface area contributed by atoms with E-state index in [4.69, 9.17) is 4.74 Å². The van der Waals surface area contributed by atoms with E-state index in [1.54, 1.807) is 30.7 Å². The summed E-state index contributed by atoms with van der Waals surface area (Å²) >= 11 is 0. The van der Waals surface area contributed by atoms with Crippen molar-refractivity contribution in [1.82, 2.24) is 24.6 Å². The van der Waals surface area contributed by atoms with Crippen LogP contribution in [0.25, 0.3) is 5.65 Å². The van der Waals surface area contributed by atoms with Gasteiger partial charge in [-0.25, -0.2) is 14.5 Å². The van der Waals surface area contributed by atoms with Crippen molar-refractivity contribution in [2.75, 3.05) is 5.32 Å². The van der Waals surface area contributed by atoms with Crippen LogP contribution in [0.1, 0.15) is 10.4 Å². The SMILES string of the molecule is O=C(Nc1cccc(F)n1)c1cc(Oc2cccnc2)cn2ncnc12. The molecule has 0 spiro atoms. The van der Waals surface area contributed by atoms with Crippen molar-refractivity contribution in [1.29, 1.82) is 0 Å². The minimum Gasteiger partial charge on any atom is -0.454 e. The van der Waals surface area contributed by atoms with Crippen molar-refractivity contribution in [2.45, 2.75) is 0 Å². The van der Waals surface area contributed by atoms with Crippen molar-refractivity contribution >= 4 is 17.4 Å². The van der Waals surface area contributed by atoms with Gasteiger partial charge in [0.15, 0.2) is 5.65 Å². The van der Waals surface area contributed by atoms with Crippen LogP contribution in [0.2, 0.25) is 0 Å². The molecular formula is C17H11FN6O2. The second-order valence-corrected chi connectivity index (χ2v) is 5.21.